The van der Waals surface area contributed by atoms with Gasteiger partial charge < -0.3 is 4.74 Å². The summed E-state index contributed by atoms with van der Waals surface area (Å²) in [6.07, 6.45) is 0. The smallest absolute Gasteiger partial charge is 0.126 e. The summed E-state index contributed by atoms with van der Waals surface area (Å²) < 4.78 is 5.29. The Morgan fingerprint density at radius 3 is 2.41 bits per heavy atom. The van der Waals surface area contributed by atoms with Crippen molar-refractivity contribution in [3.05, 3.63) is 53.1 Å². The van der Waals surface area contributed by atoms with E-state index in [2.05, 4.69) is 6.07 Å². The molecule has 3 heteroatoms. The van der Waals surface area contributed by atoms with Gasteiger partial charge in [-0.05, 0) is 35.9 Å². The Morgan fingerprint density at radius 1 is 1.12 bits per heavy atom. The van der Waals surface area contributed by atoms with E-state index < -0.39 is 0 Å². The van der Waals surface area contributed by atoms with Gasteiger partial charge in [-0.25, -0.2) is 0 Å². The van der Waals surface area contributed by atoms with Gasteiger partial charge in [0.25, 0.3) is 0 Å². The van der Waals surface area contributed by atoms with Gasteiger partial charge in [-0.1, -0.05) is 23.7 Å². The molecule has 17 heavy (non-hydrogen) atoms. The highest BCUT2D eigenvalue weighted by molar-refractivity contribution is 6.30. The summed E-state index contributed by atoms with van der Waals surface area (Å²) in [6.45, 7) is 0. The number of hydrogen-bond acceptors (Lipinski definition) is 2. The average molecular weight is 244 g/mol. The summed E-state index contributed by atoms with van der Waals surface area (Å²) in [5.74, 6) is 0.742. The van der Waals surface area contributed by atoms with Crippen LogP contribution in [0.4, 0.5) is 0 Å². The molecule has 0 saturated heterocycles. The van der Waals surface area contributed by atoms with Crippen LogP contribution >= 0.6 is 11.6 Å². The minimum Gasteiger partial charge on any atom is -0.496 e. The summed E-state index contributed by atoms with van der Waals surface area (Å²) in [6, 6.07) is 14.9. The second-order valence-electron chi connectivity index (χ2n) is 3.53. The van der Waals surface area contributed by atoms with Crippen LogP contribution in [0, 0.1) is 11.3 Å². The van der Waals surface area contributed by atoms with Crippen LogP contribution in [0.1, 0.15) is 5.56 Å². The second kappa shape index (κ2) is 4.90. The van der Waals surface area contributed by atoms with E-state index in [0.717, 1.165) is 16.9 Å². The number of methoxy groups -OCH3 is 1. The average Bonchev–Trinajstić information content (AvgIpc) is 2.39. The van der Waals surface area contributed by atoms with Gasteiger partial charge in [0, 0.05) is 10.6 Å². The van der Waals surface area contributed by atoms with Crippen LogP contribution in [0.3, 0.4) is 0 Å². The van der Waals surface area contributed by atoms with Crippen molar-refractivity contribution in [2.75, 3.05) is 7.11 Å². The molecular formula is C14H10ClNO. The molecule has 0 radical (unpaired) electrons. The van der Waals surface area contributed by atoms with Crippen LogP contribution in [0.5, 0.6) is 5.75 Å². The molecule has 0 unspecified atom stereocenters. The molecule has 84 valence electrons. The first-order chi connectivity index (χ1) is 8.24. The number of halogens is 1. The molecule has 0 atom stereocenters. The van der Waals surface area contributed by atoms with E-state index in [1.165, 1.54) is 0 Å². The Labute approximate surface area is 105 Å². The van der Waals surface area contributed by atoms with E-state index in [4.69, 9.17) is 21.6 Å². The summed E-state index contributed by atoms with van der Waals surface area (Å²) in [5.41, 5.74) is 2.47. The lowest BCUT2D eigenvalue weighted by Crippen LogP contribution is -1.89. The van der Waals surface area contributed by atoms with Crippen LogP contribution in [-0.2, 0) is 0 Å². The molecule has 2 rings (SSSR count). The lowest BCUT2D eigenvalue weighted by Gasteiger charge is -2.09. The molecule has 0 N–H and O–H groups in total. The molecule has 0 bridgehead atoms. The Balaban J connectivity index is 2.56. The fourth-order valence-electron chi connectivity index (χ4n) is 1.63. The van der Waals surface area contributed by atoms with Crippen LogP contribution in [0.2, 0.25) is 5.02 Å². The zero-order valence-electron chi connectivity index (χ0n) is 9.27. The molecule has 2 nitrogen and oxygen atoms in total. The van der Waals surface area contributed by atoms with Crippen molar-refractivity contribution in [3.63, 3.8) is 0 Å². The third-order valence-corrected chi connectivity index (χ3v) is 2.74. The van der Waals surface area contributed by atoms with E-state index in [1.54, 1.807) is 19.2 Å². The van der Waals surface area contributed by atoms with Gasteiger partial charge in [0.1, 0.15) is 5.75 Å². The van der Waals surface area contributed by atoms with Crippen molar-refractivity contribution in [1.82, 2.24) is 0 Å². The molecule has 0 fully saturated rings. The van der Waals surface area contributed by atoms with Crippen molar-refractivity contribution in [1.29, 1.82) is 5.26 Å². The molecule has 0 aliphatic carbocycles. The highest BCUT2D eigenvalue weighted by Gasteiger charge is 2.06. The van der Waals surface area contributed by atoms with Crippen molar-refractivity contribution < 1.29 is 4.74 Å². The minimum atomic E-state index is 0.607. The maximum atomic E-state index is 8.90. The number of nitriles is 1. The molecule has 0 amide bonds. The number of hydrogen-bond donors (Lipinski definition) is 0. The van der Waals surface area contributed by atoms with Crippen LogP contribution in [-0.4, -0.2) is 7.11 Å². The maximum Gasteiger partial charge on any atom is 0.126 e. The summed E-state index contributed by atoms with van der Waals surface area (Å²) in [7, 11) is 1.61. The highest BCUT2D eigenvalue weighted by atomic mass is 35.5. The quantitative estimate of drug-likeness (QED) is 0.802. The largest absolute Gasteiger partial charge is 0.496 e. The minimum absolute atomic E-state index is 0.607. The molecule has 0 aliphatic heterocycles. The topological polar surface area (TPSA) is 33.0 Å². The first-order valence-electron chi connectivity index (χ1n) is 5.08. The Morgan fingerprint density at radius 2 is 1.82 bits per heavy atom. The first kappa shape index (κ1) is 11.5. The molecule has 0 aromatic heterocycles. The number of benzene rings is 2. The van der Waals surface area contributed by atoms with E-state index in [1.807, 2.05) is 30.3 Å². The maximum absolute atomic E-state index is 8.90. The zero-order valence-corrected chi connectivity index (χ0v) is 10.0. The number of rotatable bonds is 2. The second-order valence-corrected chi connectivity index (χ2v) is 3.97. The standard InChI is InChI=1S/C14H10ClNO/c1-17-14-7-2-10(9-16)8-13(14)11-3-5-12(15)6-4-11/h2-8H,1H3. The monoisotopic (exact) mass is 243 g/mol. The van der Waals surface area contributed by atoms with E-state index in [9.17, 15) is 0 Å². The van der Waals surface area contributed by atoms with Crippen molar-refractivity contribution in [3.8, 4) is 22.9 Å². The number of nitrogens with zero attached hydrogens (tertiary/aromatic N) is 1. The van der Waals surface area contributed by atoms with Gasteiger partial charge in [0.15, 0.2) is 0 Å². The zero-order chi connectivity index (χ0) is 12.3. The van der Waals surface area contributed by atoms with Crippen LogP contribution < -0.4 is 4.74 Å². The van der Waals surface area contributed by atoms with Gasteiger partial charge in [0.05, 0.1) is 18.7 Å². The van der Waals surface area contributed by atoms with E-state index in [-0.39, 0.29) is 0 Å². The van der Waals surface area contributed by atoms with Crippen molar-refractivity contribution in [2.45, 2.75) is 0 Å². The third-order valence-electron chi connectivity index (χ3n) is 2.48. The fourth-order valence-corrected chi connectivity index (χ4v) is 1.76. The van der Waals surface area contributed by atoms with Crippen LogP contribution in [0.25, 0.3) is 11.1 Å². The van der Waals surface area contributed by atoms with Gasteiger partial charge in [-0.15, -0.1) is 0 Å². The Hall–Kier alpha value is -1.98. The molecule has 0 aliphatic rings. The van der Waals surface area contributed by atoms with Gasteiger partial charge in [-0.3, -0.25) is 0 Å². The van der Waals surface area contributed by atoms with E-state index >= 15 is 0 Å². The third kappa shape index (κ3) is 2.41. The van der Waals surface area contributed by atoms with Crippen LogP contribution in [0.15, 0.2) is 42.5 Å². The Kier molecular flexibility index (Phi) is 3.32. The van der Waals surface area contributed by atoms with E-state index in [0.29, 0.717) is 10.6 Å². The van der Waals surface area contributed by atoms with Crippen molar-refractivity contribution in [2.24, 2.45) is 0 Å². The predicted molar refractivity (Wildman–Crippen MR) is 68.2 cm³/mol. The first-order valence-corrected chi connectivity index (χ1v) is 5.46. The molecular weight excluding hydrogens is 234 g/mol. The lowest BCUT2D eigenvalue weighted by atomic mass is 10.0. The van der Waals surface area contributed by atoms with Gasteiger partial charge in [0.2, 0.25) is 0 Å². The summed E-state index contributed by atoms with van der Waals surface area (Å²) in [5, 5.41) is 9.59. The van der Waals surface area contributed by atoms with Gasteiger partial charge in [-0.2, -0.15) is 5.26 Å². The highest BCUT2D eigenvalue weighted by Crippen LogP contribution is 2.31. The normalized spacial score (nSPS) is 9.71. The number of ether oxygens (including phenoxy) is 1. The summed E-state index contributed by atoms with van der Waals surface area (Å²) >= 11 is 5.85. The predicted octanol–water partition coefficient (Wildman–Crippen LogP) is 3.89. The Bertz CT molecular complexity index is 570. The molecule has 0 spiro atoms. The summed E-state index contributed by atoms with van der Waals surface area (Å²) in [4.78, 5) is 0. The SMILES string of the molecule is COc1ccc(C#N)cc1-c1ccc(Cl)cc1. The molecule has 2 aromatic carbocycles. The lowest BCUT2D eigenvalue weighted by molar-refractivity contribution is 0.416. The molecule has 2 aromatic rings. The van der Waals surface area contributed by atoms with Crippen molar-refractivity contribution >= 4 is 11.6 Å². The van der Waals surface area contributed by atoms with Gasteiger partial charge >= 0.3 is 0 Å². The fraction of sp³-hybridized carbons (Fsp3) is 0.0714. The molecule has 0 saturated carbocycles. The molecule has 0 heterocycles.